The highest BCUT2D eigenvalue weighted by Crippen LogP contribution is 2.34. The molecule has 0 aliphatic heterocycles. The molecule has 9 nitrogen and oxygen atoms in total. The lowest BCUT2D eigenvalue weighted by Crippen LogP contribution is -2.38. The van der Waals surface area contributed by atoms with Crippen LogP contribution in [0.5, 0.6) is 5.75 Å². The summed E-state index contributed by atoms with van der Waals surface area (Å²) in [7, 11) is -6.78. The molecule has 0 aromatic heterocycles. The van der Waals surface area contributed by atoms with E-state index in [4.69, 9.17) is 27.9 Å². The number of benzene rings is 4. The molecule has 0 aliphatic rings. The molecule has 214 valence electrons. The highest BCUT2D eigenvalue weighted by atomic mass is 35.5. The van der Waals surface area contributed by atoms with E-state index in [0.29, 0.717) is 0 Å². The minimum absolute atomic E-state index is 0.00164. The molecule has 0 bridgehead atoms. The molecule has 0 heterocycles. The van der Waals surface area contributed by atoms with Gasteiger partial charge in [-0.1, -0.05) is 53.5 Å². The maximum absolute atomic E-state index is 13.6. The summed E-state index contributed by atoms with van der Waals surface area (Å²) in [6.45, 7) is 1.22. The summed E-state index contributed by atoms with van der Waals surface area (Å²) in [5.41, 5.74) is 1.32. The first-order chi connectivity index (χ1) is 19.4. The summed E-state index contributed by atoms with van der Waals surface area (Å²) < 4.78 is 61.7. The Morgan fingerprint density at radius 3 is 2.20 bits per heavy atom. The van der Waals surface area contributed by atoms with E-state index < -0.39 is 32.5 Å². The van der Waals surface area contributed by atoms with Crippen LogP contribution in [0.1, 0.15) is 5.56 Å². The molecule has 0 spiro atoms. The van der Waals surface area contributed by atoms with Crippen LogP contribution >= 0.6 is 23.2 Å². The van der Waals surface area contributed by atoms with E-state index in [1.807, 2.05) is 0 Å². The molecule has 1 amide bonds. The topological polar surface area (TPSA) is 122 Å². The van der Waals surface area contributed by atoms with Gasteiger partial charge in [0, 0.05) is 5.69 Å². The van der Waals surface area contributed by atoms with E-state index in [2.05, 4.69) is 10.0 Å². The Hall–Kier alpha value is -3.77. The van der Waals surface area contributed by atoms with Crippen LogP contribution in [0.15, 0.2) is 101 Å². The zero-order valence-electron chi connectivity index (χ0n) is 21.8. The number of carbonyl (C=O) groups excluding carboxylic acids is 1. The van der Waals surface area contributed by atoms with E-state index in [-0.39, 0.29) is 42.6 Å². The Balaban J connectivity index is 1.58. The first kappa shape index (κ1) is 30.2. The Morgan fingerprint density at radius 2 is 1.54 bits per heavy atom. The average Bonchev–Trinajstić information content (AvgIpc) is 2.95. The lowest BCUT2D eigenvalue weighted by Gasteiger charge is -2.26. The Labute approximate surface area is 248 Å². The molecule has 0 unspecified atom stereocenters. The van der Waals surface area contributed by atoms with Crippen molar-refractivity contribution in [1.82, 2.24) is 0 Å². The maximum Gasteiger partial charge on any atom is 0.264 e. The van der Waals surface area contributed by atoms with E-state index in [0.717, 1.165) is 9.87 Å². The number of hydrogen-bond donors (Lipinski definition) is 2. The van der Waals surface area contributed by atoms with Crippen LogP contribution in [-0.2, 0) is 24.8 Å². The van der Waals surface area contributed by atoms with Crippen LogP contribution in [0.2, 0.25) is 10.0 Å². The molecule has 0 saturated carbocycles. The van der Waals surface area contributed by atoms with Gasteiger partial charge in [-0.15, -0.1) is 0 Å². The van der Waals surface area contributed by atoms with Crippen LogP contribution in [-0.4, -0.2) is 36.4 Å². The average molecular weight is 635 g/mol. The smallest absolute Gasteiger partial charge is 0.264 e. The number of aryl methyl sites for hydroxylation is 1. The van der Waals surface area contributed by atoms with Crippen molar-refractivity contribution in [2.75, 3.05) is 28.0 Å². The lowest BCUT2D eigenvalue weighted by molar-refractivity contribution is -0.114. The number of nitrogens with one attached hydrogen (secondary N) is 2. The van der Waals surface area contributed by atoms with Gasteiger partial charge in [-0.2, -0.15) is 0 Å². The van der Waals surface area contributed by atoms with Gasteiger partial charge in [0.2, 0.25) is 5.91 Å². The minimum atomic E-state index is -4.17. The van der Waals surface area contributed by atoms with Crippen LogP contribution in [0.3, 0.4) is 0 Å². The summed E-state index contributed by atoms with van der Waals surface area (Å²) in [4.78, 5) is 13.0. The van der Waals surface area contributed by atoms with Gasteiger partial charge < -0.3 is 10.1 Å². The van der Waals surface area contributed by atoms with Crippen LogP contribution in [0.4, 0.5) is 17.1 Å². The van der Waals surface area contributed by atoms with Crippen molar-refractivity contribution in [3.05, 3.63) is 107 Å². The van der Waals surface area contributed by atoms with Gasteiger partial charge in [-0.05, 0) is 73.2 Å². The van der Waals surface area contributed by atoms with Crippen LogP contribution < -0.4 is 19.1 Å². The van der Waals surface area contributed by atoms with Gasteiger partial charge in [-0.25, -0.2) is 16.8 Å². The van der Waals surface area contributed by atoms with Crippen LogP contribution in [0, 0.1) is 6.92 Å². The minimum Gasteiger partial charge on any atom is -0.495 e. The number of carbonyl (C=O) groups is 1. The van der Waals surface area contributed by atoms with Crippen molar-refractivity contribution in [3.8, 4) is 5.75 Å². The van der Waals surface area contributed by atoms with Gasteiger partial charge in [0.15, 0.2) is 0 Å². The summed E-state index contributed by atoms with van der Waals surface area (Å²) in [5.74, 6) is -0.391. The fraction of sp³-hybridized carbons (Fsp3) is 0.107. The summed E-state index contributed by atoms with van der Waals surface area (Å²) in [5, 5.41) is 2.87. The lowest BCUT2D eigenvalue weighted by atomic mass is 10.2. The second kappa shape index (κ2) is 12.4. The summed E-state index contributed by atoms with van der Waals surface area (Å²) >= 11 is 12.1. The van der Waals surface area contributed by atoms with E-state index >= 15 is 0 Å². The van der Waals surface area contributed by atoms with Gasteiger partial charge in [0.05, 0.1) is 38.3 Å². The van der Waals surface area contributed by atoms with Gasteiger partial charge in [0.25, 0.3) is 20.0 Å². The molecule has 2 N–H and O–H groups in total. The van der Waals surface area contributed by atoms with Gasteiger partial charge >= 0.3 is 0 Å². The van der Waals surface area contributed by atoms with Gasteiger partial charge in [-0.3, -0.25) is 13.8 Å². The largest absolute Gasteiger partial charge is 0.495 e. The van der Waals surface area contributed by atoms with Crippen molar-refractivity contribution in [3.63, 3.8) is 0 Å². The Morgan fingerprint density at radius 1 is 0.854 bits per heavy atom. The van der Waals surface area contributed by atoms with Crippen LogP contribution in [0.25, 0.3) is 0 Å². The molecule has 4 aromatic rings. The third kappa shape index (κ3) is 6.94. The monoisotopic (exact) mass is 633 g/mol. The zero-order chi connectivity index (χ0) is 29.8. The van der Waals surface area contributed by atoms with Crippen molar-refractivity contribution in [1.29, 1.82) is 0 Å². The zero-order valence-corrected chi connectivity index (χ0v) is 25.0. The second-order valence-electron chi connectivity index (χ2n) is 8.78. The van der Waals surface area contributed by atoms with Crippen molar-refractivity contribution in [2.45, 2.75) is 16.7 Å². The molecule has 41 heavy (non-hydrogen) atoms. The number of anilines is 3. The predicted octanol–water partition coefficient (Wildman–Crippen LogP) is 5.95. The van der Waals surface area contributed by atoms with E-state index in [1.165, 1.54) is 55.6 Å². The molecular weight excluding hydrogens is 609 g/mol. The highest BCUT2D eigenvalue weighted by molar-refractivity contribution is 7.93. The molecule has 13 heteroatoms. The standard InChI is InChI=1S/C28H25Cl2N3O6S2/c1-19-11-16-26(39-2)25(17-19)33(41(37,38)22-7-4-3-5-8-22)18-27(34)31-20-12-14-21(15-13-20)40(35,36)32-24-10-6-9-23(29)28(24)30/h3-17,32H,18H2,1-2H3,(H,31,34). The van der Waals surface area contributed by atoms with Crippen molar-refractivity contribution < 1.29 is 26.4 Å². The quantitative estimate of drug-likeness (QED) is 0.223. The maximum atomic E-state index is 13.6. The summed E-state index contributed by atoms with van der Waals surface area (Å²) in [6.07, 6.45) is 0. The second-order valence-corrected chi connectivity index (χ2v) is 13.1. The normalized spacial score (nSPS) is 11.5. The van der Waals surface area contributed by atoms with E-state index in [1.54, 1.807) is 49.4 Å². The van der Waals surface area contributed by atoms with Crippen molar-refractivity contribution in [2.24, 2.45) is 0 Å². The molecule has 0 fully saturated rings. The number of ether oxygens (including phenoxy) is 1. The predicted molar refractivity (Wildman–Crippen MR) is 161 cm³/mol. The summed E-state index contributed by atoms with van der Waals surface area (Å²) in [6, 6.07) is 22.6. The molecule has 0 saturated heterocycles. The third-order valence-corrected chi connectivity index (χ3v) is 9.84. The number of halogens is 2. The fourth-order valence-corrected chi connectivity index (χ4v) is 6.77. The first-order valence-corrected chi connectivity index (χ1v) is 15.7. The number of amides is 1. The first-order valence-electron chi connectivity index (χ1n) is 12.0. The third-order valence-electron chi connectivity index (χ3n) is 5.87. The highest BCUT2D eigenvalue weighted by Gasteiger charge is 2.29. The number of methoxy groups -OCH3 is 1. The number of rotatable bonds is 10. The molecule has 4 rings (SSSR count). The molecule has 0 radical (unpaired) electrons. The SMILES string of the molecule is COc1ccc(C)cc1N(CC(=O)Nc1ccc(S(=O)(=O)Nc2cccc(Cl)c2Cl)cc1)S(=O)(=O)c1ccccc1. The fourth-order valence-electron chi connectivity index (χ4n) is 3.85. The molecule has 0 atom stereocenters. The number of sulfonamides is 2. The Bertz CT molecular complexity index is 1780. The number of hydrogen-bond acceptors (Lipinski definition) is 6. The van der Waals surface area contributed by atoms with Crippen molar-refractivity contribution >= 4 is 66.2 Å². The molecule has 4 aromatic carbocycles. The molecule has 0 aliphatic carbocycles. The van der Waals surface area contributed by atoms with Gasteiger partial charge in [0.1, 0.15) is 12.3 Å². The van der Waals surface area contributed by atoms with E-state index in [9.17, 15) is 21.6 Å². The Kier molecular flexibility index (Phi) is 9.13. The molecular formula is C28H25Cl2N3O6S2. The number of nitrogens with zero attached hydrogens (tertiary/aromatic N) is 1.